The molecule has 0 aliphatic carbocycles. The molecule has 38 heavy (non-hydrogen) atoms. The SMILES string of the molecule is CCN[C@@H](COC[C@H]1CCCN1C(=O)C(C#N)=CC(C)C)C(=O)C[C@@H](Cc1coc2ccccc12)B(O)O. The summed E-state index contributed by atoms with van der Waals surface area (Å²) >= 11 is 0. The zero-order valence-electron chi connectivity index (χ0n) is 22.4. The molecule has 10 heteroatoms. The normalized spacial score (nSPS) is 17.6. The number of rotatable bonds is 14. The van der Waals surface area contributed by atoms with Crippen LogP contribution < -0.4 is 5.32 Å². The molecule has 2 aromatic rings. The van der Waals surface area contributed by atoms with Crippen molar-refractivity contribution in [2.75, 3.05) is 26.3 Å². The van der Waals surface area contributed by atoms with Crippen molar-refractivity contribution < 1.29 is 28.8 Å². The summed E-state index contributed by atoms with van der Waals surface area (Å²) in [6, 6.07) is 8.73. The molecule has 1 saturated heterocycles. The third-order valence-electron chi connectivity index (χ3n) is 6.85. The zero-order chi connectivity index (χ0) is 27.7. The van der Waals surface area contributed by atoms with Crippen LogP contribution in [0.5, 0.6) is 0 Å². The van der Waals surface area contributed by atoms with Crippen LogP contribution >= 0.6 is 0 Å². The Morgan fingerprint density at radius 1 is 1.34 bits per heavy atom. The summed E-state index contributed by atoms with van der Waals surface area (Å²) < 4.78 is 11.5. The van der Waals surface area contributed by atoms with Crippen LogP contribution in [0.2, 0.25) is 5.82 Å². The molecule has 2 heterocycles. The first-order valence-corrected chi connectivity index (χ1v) is 13.3. The number of benzene rings is 1. The molecule has 1 aliphatic rings. The molecule has 3 N–H and O–H groups in total. The summed E-state index contributed by atoms with van der Waals surface area (Å²) in [5, 5.41) is 33.5. The maximum Gasteiger partial charge on any atom is 0.455 e. The number of hydrogen-bond donors (Lipinski definition) is 3. The zero-order valence-corrected chi connectivity index (χ0v) is 22.4. The molecule has 1 aromatic carbocycles. The average molecular weight is 523 g/mol. The lowest BCUT2D eigenvalue weighted by atomic mass is 9.66. The number of fused-ring (bicyclic) bond motifs is 1. The van der Waals surface area contributed by atoms with Crippen LogP contribution in [0.25, 0.3) is 11.0 Å². The molecule has 204 valence electrons. The van der Waals surface area contributed by atoms with Crippen molar-refractivity contribution in [3.05, 3.63) is 47.7 Å². The molecule has 0 saturated carbocycles. The van der Waals surface area contributed by atoms with E-state index in [4.69, 9.17) is 9.15 Å². The van der Waals surface area contributed by atoms with Crippen LogP contribution in [0.4, 0.5) is 0 Å². The van der Waals surface area contributed by atoms with Crippen LogP contribution in [0.1, 0.15) is 45.6 Å². The number of allylic oxidation sites excluding steroid dienone is 1. The topological polar surface area (TPSA) is 136 Å². The van der Waals surface area contributed by atoms with Gasteiger partial charge in [0.15, 0.2) is 5.78 Å². The van der Waals surface area contributed by atoms with Crippen molar-refractivity contribution in [1.29, 1.82) is 5.26 Å². The highest BCUT2D eigenvalue weighted by Crippen LogP contribution is 2.28. The lowest BCUT2D eigenvalue weighted by molar-refractivity contribution is -0.129. The number of likely N-dealkylation sites (N-methyl/N-ethyl adjacent to an activating group) is 1. The molecule has 3 rings (SSSR count). The van der Waals surface area contributed by atoms with Crippen molar-refractivity contribution in [3.8, 4) is 6.07 Å². The Labute approximate surface area is 224 Å². The van der Waals surface area contributed by atoms with E-state index in [0.29, 0.717) is 18.7 Å². The fourth-order valence-corrected chi connectivity index (χ4v) is 4.91. The number of hydrogen-bond acceptors (Lipinski definition) is 8. The average Bonchev–Trinajstić information content (AvgIpc) is 3.53. The highest BCUT2D eigenvalue weighted by Gasteiger charge is 2.33. The van der Waals surface area contributed by atoms with Gasteiger partial charge in [0.2, 0.25) is 0 Å². The Hall–Kier alpha value is -2.97. The maximum atomic E-state index is 13.2. The van der Waals surface area contributed by atoms with Gasteiger partial charge in [0, 0.05) is 24.2 Å². The Morgan fingerprint density at radius 3 is 2.79 bits per heavy atom. The Bertz CT molecular complexity index is 1150. The summed E-state index contributed by atoms with van der Waals surface area (Å²) in [5.41, 5.74) is 1.67. The highest BCUT2D eigenvalue weighted by molar-refractivity contribution is 6.43. The van der Waals surface area contributed by atoms with Crippen LogP contribution in [-0.4, -0.2) is 72.1 Å². The molecule has 0 spiro atoms. The molecule has 0 radical (unpaired) electrons. The second-order valence-electron chi connectivity index (χ2n) is 10.2. The van der Waals surface area contributed by atoms with Crippen LogP contribution in [0.3, 0.4) is 0 Å². The van der Waals surface area contributed by atoms with Gasteiger partial charge in [0.25, 0.3) is 5.91 Å². The first-order valence-electron chi connectivity index (χ1n) is 13.3. The molecular weight excluding hydrogens is 485 g/mol. The maximum absolute atomic E-state index is 13.2. The van der Waals surface area contributed by atoms with E-state index in [0.717, 1.165) is 23.8 Å². The number of amides is 1. The Balaban J connectivity index is 1.59. The van der Waals surface area contributed by atoms with Crippen molar-refractivity contribution in [2.24, 2.45) is 5.92 Å². The summed E-state index contributed by atoms with van der Waals surface area (Å²) in [6.07, 6.45) is 5.11. The lowest BCUT2D eigenvalue weighted by Gasteiger charge is -2.26. The van der Waals surface area contributed by atoms with Gasteiger partial charge >= 0.3 is 7.12 Å². The number of carbonyl (C=O) groups excluding carboxylic acids is 2. The van der Waals surface area contributed by atoms with E-state index < -0.39 is 19.0 Å². The Morgan fingerprint density at radius 2 is 2.11 bits per heavy atom. The number of ketones is 1. The molecule has 1 aromatic heterocycles. The molecule has 0 bridgehead atoms. The standard InChI is InChI=1S/C28H38BN3O6/c1-4-31-25(18-37-17-23-8-7-11-32(23)28(34)20(15-30)12-19(2)3)26(33)14-22(29(35)36)13-21-16-38-27-10-6-5-9-24(21)27/h5-6,9-10,12,16,19,22-23,25,31,35-36H,4,7-8,11,13-14,17-18H2,1-3H3/t22-,23-,25+/m1/s1. The van der Waals surface area contributed by atoms with Crippen molar-refractivity contribution >= 4 is 29.8 Å². The quantitative estimate of drug-likeness (QED) is 0.195. The molecule has 1 fully saturated rings. The van der Waals surface area contributed by atoms with Gasteiger partial charge in [-0.15, -0.1) is 0 Å². The predicted octanol–water partition coefficient (Wildman–Crippen LogP) is 2.87. The van der Waals surface area contributed by atoms with Gasteiger partial charge in [-0.05, 0) is 43.4 Å². The smallest absolute Gasteiger partial charge is 0.455 e. The van der Waals surface area contributed by atoms with Crippen molar-refractivity contribution in [2.45, 2.75) is 64.4 Å². The number of Topliss-reactive ketones (excluding diaryl/α,β-unsaturated/α-hetero) is 1. The largest absolute Gasteiger partial charge is 0.464 e. The Kier molecular flexibility index (Phi) is 11.1. The van der Waals surface area contributed by atoms with Gasteiger partial charge in [-0.3, -0.25) is 9.59 Å². The minimum absolute atomic E-state index is 0.0439. The van der Waals surface area contributed by atoms with Crippen LogP contribution in [0.15, 0.2) is 46.6 Å². The molecule has 9 nitrogen and oxygen atoms in total. The van der Waals surface area contributed by atoms with Crippen LogP contribution in [-0.2, 0) is 20.7 Å². The number of likely N-dealkylation sites (tertiary alicyclic amines) is 1. The first kappa shape index (κ1) is 29.6. The number of carbonyl (C=O) groups is 2. The van der Waals surface area contributed by atoms with Gasteiger partial charge in [-0.2, -0.15) is 5.26 Å². The molecule has 0 unspecified atom stereocenters. The number of nitrogens with zero attached hydrogens (tertiary/aromatic N) is 2. The predicted molar refractivity (Wildman–Crippen MR) is 145 cm³/mol. The van der Waals surface area contributed by atoms with Crippen molar-refractivity contribution in [3.63, 3.8) is 0 Å². The monoisotopic (exact) mass is 523 g/mol. The fourth-order valence-electron chi connectivity index (χ4n) is 4.91. The number of furan rings is 1. The molecule has 3 atom stereocenters. The van der Waals surface area contributed by atoms with Gasteiger partial charge in [-0.1, -0.05) is 45.0 Å². The highest BCUT2D eigenvalue weighted by atomic mass is 16.5. The van der Waals surface area contributed by atoms with Gasteiger partial charge in [-0.25, -0.2) is 0 Å². The third-order valence-corrected chi connectivity index (χ3v) is 6.85. The second kappa shape index (κ2) is 14.3. The number of ether oxygens (including phenoxy) is 1. The lowest BCUT2D eigenvalue weighted by Crippen LogP contribution is -2.44. The molecular formula is C28H38BN3O6. The van der Waals surface area contributed by atoms with E-state index in [1.807, 2.05) is 51.1 Å². The summed E-state index contributed by atoms with van der Waals surface area (Å²) in [6.45, 7) is 7.19. The molecule has 1 aliphatic heterocycles. The number of nitriles is 1. The third kappa shape index (κ3) is 7.77. The summed E-state index contributed by atoms with van der Waals surface area (Å²) in [7, 11) is -1.66. The summed E-state index contributed by atoms with van der Waals surface area (Å²) in [4.78, 5) is 27.8. The molecule has 1 amide bonds. The first-order chi connectivity index (χ1) is 18.2. The van der Waals surface area contributed by atoms with E-state index in [2.05, 4.69) is 5.32 Å². The second-order valence-corrected chi connectivity index (χ2v) is 10.2. The minimum atomic E-state index is -1.66. The van der Waals surface area contributed by atoms with E-state index in [9.17, 15) is 24.9 Å². The minimum Gasteiger partial charge on any atom is -0.464 e. The fraction of sp³-hybridized carbons (Fsp3) is 0.536. The van der Waals surface area contributed by atoms with Gasteiger partial charge < -0.3 is 29.4 Å². The van der Waals surface area contributed by atoms with E-state index >= 15 is 0 Å². The summed E-state index contributed by atoms with van der Waals surface area (Å²) in [5.74, 6) is -1.07. The van der Waals surface area contributed by atoms with E-state index in [-0.39, 0.29) is 55.3 Å². The van der Waals surface area contributed by atoms with E-state index in [1.165, 1.54) is 0 Å². The van der Waals surface area contributed by atoms with E-state index in [1.54, 1.807) is 17.2 Å². The van der Waals surface area contributed by atoms with Gasteiger partial charge in [0.1, 0.15) is 17.2 Å². The number of nitrogens with one attached hydrogen (secondary N) is 1. The van der Waals surface area contributed by atoms with Crippen LogP contribution in [0, 0.1) is 17.2 Å². The number of para-hydroxylation sites is 1. The van der Waals surface area contributed by atoms with Crippen molar-refractivity contribution in [1.82, 2.24) is 10.2 Å². The van der Waals surface area contributed by atoms with Gasteiger partial charge in [0.05, 0.1) is 31.6 Å².